The zero-order valence-electron chi connectivity index (χ0n) is 13.0. The zero-order valence-corrected chi connectivity index (χ0v) is 13.0. The summed E-state index contributed by atoms with van der Waals surface area (Å²) in [6.07, 6.45) is 0. The minimum atomic E-state index is -0.853. The number of benzene rings is 2. The Hall–Kier alpha value is -3.35. The Morgan fingerprint density at radius 1 is 0.917 bits per heavy atom. The van der Waals surface area contributed by atoms with Gasteiger partial charge in [-0.05, 0) is 24.3 Å². The summed E-state index contributed by atoms with van der Waals surface area (Å²) in [6, 6.07) is 10.6. The summed E-state index contributed by atoms with van der Waals surface area (Å²) in [5.74, 6) is -2.59. The van der Waals surface area contributed by atoms with Crippen LogP contribution in [0.1, 0.15) is 31.1 Å². The fourth-order valence-electron chi connectivity index (χ4n) is 2.02. The van der Waals surface area contributed by atoms with Crippen LogP contribution in [0.4, 0.5) is 5.69 Å². The standard InChI is InChI=1S/C17H15NO6/c1-23-16(21)11-8-12(17(22)24-2)14(19)13(9-11)18-15(20)10-6-4-3-5-7-10/h3-9,19H,1-2H3,(H,18,20). The molecule has 0 heterocycles. The monoisotopic (exact) mass is 329 g/mol. The van der Waals surface area contributed by atoms with Gasteiger partial charge in [-0.15, -0.1) is 0 Å². The Labute approximate surface area is 137 Å². The topological polar surface area (TPSA) is 102 Å². The van der Waals surface area contributed by atoms with Gasteiger partial charge in [-0.25, -0.2) is 9.59 Å². The number of rotatable bonds is 4. The molecule has 0 saturated carbocycles. The third-order valence-electron chi connectivity index (χ3n) is 3.22. The smallest absolute Gasteiger partial charge is 0.341 e. The van der Waals surface area contributed by atoms with Gasteiger partial charge in [0.15, 0.2) is 5.75 Å². The number of hydrogen-bond acceptors (Lipinski definition) is 6. The van der Waals surface area contributed by atoms with Gasteiger partial charge in [-0.2, -0.15) is 0 Å². The van der Waals surface area contributed by atoms with E-state index in [9.17, 15) is 19.5 Å². The quantitative estimate of drug-likeness (QED) is 0.659. The normalized spacial score (nSPS) is 9.92. The van der Waals surface area contributed by atoms with Gasteiger partial charge in [0, 0.05) is 5.56 Å². The molecule has 24 heavy (non-hydrogen) atoms. The van der Waals surface area contributed by atoms with Crippen LogP contribution in [0.15, 0.2) is 42.5 Å². The number of phenols is 1. The summed E-state index contributed by atoms with van der Waals surface area (Å²) in [5, 5.41) is 12.7. The molecule has 0 aliphatic heterocycles. The highest BCUT2D eigenvalue weighted by Gasteiger charge is 2.21. The molecule has 2 N–H and O–H groups in total. The number of amides is 1. The van der Waals surface area contributed by atoms with Crippen molar-refractivity contribution in [2.45, 2.75) is 0 Å². The Kier molecular flexibility index (Phi) is 5.16. The van der Waals surface area contributed by atoms with Crippen LogP contribution in [0.2, 0.25) is 0 Å². The SMILES string of the molecule is COC(=O)c1cc(NC(=O)c2ccccc2)c(O)c(C(=O)OC)c1. The minimum Gasteiger partial charge on any atom is -0.505 e. The summed E-state index contributed by atoms with van der Waals surface area (Å²) in [7, 11) is 2.31. The molecule has 0 aromatic heterocycles. The first-order chi connectivity index (χ1) is 11.5. The van der Waals surface area contributed by atoms with Gasteiger partial charge in [0.1, 0.15) is 5.56 Å². The molecule has 7 nitrogen and oxygen atoms in total. The number of phenolic OH excluding ortho intramolecular Hbond substituents is 1. The molecule has 2 rings (SSSR count). The fourth-order valence-corrected chi connectivity index (χ4v) is 2.02. The molecule has 0 unspecified atom stereocenters. The molecule has 2 aromatic rings. The summed E-state index contributed by atoms with van der Waals surface area (Å²) < 4.78 is 9.17. The van der Waals surface area contributed by atoms with Crippen LogP contribution in [0, 0.1) is 0 Å². The highest BCUT2D eigenvalue weighted by atomic mass is 16.5. The maximum absolute atomic E-state index is 12.2. The molecular formula is C17H15NO6. The van der Waals surface area contributed by atoms with E-state index in [2.05, 4.69) is 14.8 Å². The summed E-state index contributed by atoms with van der Waals surface area (Å²) in [4.78, 5) is 35.7. The highest BCUT2D eigenvalue weighted by molar-refractivity contribution is 6.07. The van der Waals surface area contributed by atoms with Crippen LogP contribution in [-0.4, -0.2) is 37.2 Å². The van der Waals surface area contributed by atoms with Gasteiger partial charge >= 0.3 is 11.9 Å². The van der Waals surface area contributed by atoms with Crippen molar-refractivity contribution in [2.75, 3.05) is 19.5 Å². The van der Waals surface area contributed by atoms with Crippen molar-refractivity contribution in [3.05, 3.63) is 59.2 Å². The van der Waals surface area contributed by atoms with Gasteiger partial charge < -0.3 is 19.9 Å². The second kappa shape index (κ2) is 7.28. The number of methoxy groups -OCH3 is 2. The molecule has 0 radical (unpaired) electrons. The van der Waals surface area contributed by atoms with Crippen LogP contribution in [0.5, 0.6) is 5.75 Å². The average molecular weight is 329 g/mol. The molecule has 0 atom stereocenters. The van der Waals surface area contributed by atoms with E-state index in [-0.39, 0.29) is 16.8 Å². The number of aromatic hydroxyl groups is 1. The van der Waals surface area contributed by atoms with Crippen LogP contribution in [0.3, 0.4) is 0 Å². The lowest BCUT2D eigenvalue weighted by Crippen LogP contribution is -2.14. The van der Waals surface area contributed by atoms with E-state index in [1.807, 2.05) is 0 Å². The first-order valence-electron chi connectivity index (χ1n) is 6.88. The first kappa shape index (κ1) is 17.0. The van der Waals surface area contributed by atoms with E-state index >= 15 is 0 Å². The molecule has 2 aromatic carbocycles. The predicted molar refractivity (Wildman–Crippen MR) is 85.2 cm³/mol. The van der Waals surface area contributed by atoms with Crippen molar-refractivity contribution in [1.29, 1.82) is 0 Å². The second-order valence-electron chi connectivity index (χ2n) is 4.72. The second-order valence-corrected chi connectivity index (χ2v) is 4.72. The maximum atomic E-state index is 12.2. The van der Waals surface area contributed by atoms with Crippen molar-refractivity contribution < 1.29 is 29.0 Å². The lowest BCUT2D eigenvalue weighted by molar-refractivity contribution is 0.0596. The van der Waals surface area contributed by atoms with Crippen LogP contribution in [-0.2, 0) is 9.47 Å². The van der Waals surface area contributed by atoms with E-state index in [0.717, 1.165) is 13.2 Å². The van der Waals surface area contributed by atoms with Crippen molar-refractivity contribution in [3.63, 3.8) is 0 Å². The third-order valence-corrected chi connectivity index (χ3v) is 3.22. The third kappa shape index (κ3) is 3.52. The molecule has 1 amide bonds. The maximum Gasteiger partial charge on any atom is 0.341 e. The number of nitrogens with one attached hydrogen (secondary N) is 1. The Balaban J connectivity index is 2.46. The predicted octanol–water partition coefficient (Wildman–Crippen LogP) is 2.22. The molecule has 124 valence electrons. The van der Waals surface area contributed by atoms with Crippen molar-refractivity contribution in [3.8, 4) is 5.75 Å². The van der Waals surface area contributed by atoms with Gasteiger partial charge in [-0.1, -0.05) is 18.2 Å². The van der Waals surface area contributed by atoms with Gasteiger partial charge in [0.25, 0.3) is 5.91 Å². The lowest BCUT2D eigenvalue weighted by Gasteiger charge is -2.12. The average Bonchev–Trinajstić information content (AvgIpc) is 2.62. The van der Waals surface area contributed by atoms with Crippen LogP contribution < -0.4 is 5.32 Å². The number of anilines is 1. The zero-order chi connectivity index (χ0) is 17.7. The molecule has 0 aliphatic carbocycles. The largest absolute Gasteiger partial charge is 0.505 e. The number of carbonyl (C=O) groups excluding carboxylic acids is 3. The molecule has 0 aliphatic rings. The fraction of sp³-hybridized carbons (Fsp3) is 0.118. The van der Waals surface area contributed by atoms with Crippen molar-refractivity contribution >= 4 is 23.5 Å². The van der Waals surface area contributed by atoms with E-state index in [1.54, 1.807) is 30.3 Å². The lowest BCUT2D eigenvalue weighted by atomic mass is 10.1. The van der Waals surface area contributed by atoms with Crippen LogP contribution in [0.25, 0.3) is 0 Å². The van der Waals surface area contributed by atoms with E-state index < -0.39 is 23.6 Å². The first-order valence-corrected chi connectivity index (χ1v) is 6.88. The Morgan fingerprint density at radius 3 is 2.12 bits per heavy atom. The van der Waals surface area contributed by atoms with E-state index in [4.69, 9.17) is 0 Å². The van der Waals surface area contributed by atoms with Gasteiger partial charge in [-0.3, -0.25) is 4.79 Å². The number of hydrogen-bond donors (Lipinski definition) is 2. The van der Waals surface area contributed by atoms with Crippen molar-refractivity contribution in [1.82, 2.24) is 0 Å². The number of esters is 2. The Bertz CT molecular complexity index is 785. The summed E-state index contributed by atoms with van der Waals surface area (Å²) >= 11 is 0. The number of carbonyl (C=O) groups is 3. The molecular weight excluding hydrogens is 314 g/mol. The van der Waals surface area contributed by atoms with Gasteiger partial charge in [0.05, 0.1) is 25.5 Å². The highest BCUT2D eigenvalue weighted by Crippen LogP contribution is 2.31. The van der Waals surface area contributed by atoms with E-state index in [1.165, 1.54) is 13.2 Å². The van der Waals surface area contributed by atoms with Gasteiger partial charge in [0.2, 0.25) is 0 Å². The molecule has 0 bridgehead atoms. The molecule has 0 saturated heterocycles. The Morgan fingerprint density at radius 2 is 1.54 bits per heavy atom. The minimum absolute atomic E-state index is 0.0148. The molecule has 0 fully saturated rings. The molecule has 7 heteroatoms. The number of ether oxygens (including phenoxy) is 2. The van der Waals surface area contributed by atoms with E-state index in [0.29, 0.717) is 5.56 Å². The van der Waals surface area contributed by atoms with Crippen LogP contribution >= 0.6 is 0 Å². The summed E-state index contributed by atoms with van der Waals surface area (Å²) in [6.45, 7) is 0. The molecule has 0 spiro atoms. The van der Waals surface area contributed by atoms with Crippen molar-refractivity contribution in [2.24, 2.45) is 0 Å². The summed E-state index contributed by atoms with van der Waals surface area (Å²) in [5.41, 5.74) is -0.0324.